The fraction of sp³-hybridized carbons (Fsp3) is 0.125. The highest BCUT2D eigenvalue weighted by atomic mass is 19.1. The number of hydrogen-bond donors (Lipinski definition) is 1. The number of anilines is 1. The van der Waals surface area contributed by atoms with Crippen LogP contribution in [0, 0.1) is 12.7 Å². The first kappa shape index (κ1) is 18.7. The largest absolute Gasteiger partial charge is 0.489 e. The number of benzene rings is 3. The summed E-state index contributed by atoms with van der Waals surface area (Å²) in [5.41, 5.74) is 3.91. The first-order valence-corrected chi connectivity index (χ1v) is 9.35. The molecule has 29 heavy (non-hydrogen) atoms. The Morgan fingerprint density at radius 2 is 1.79 bits per heavy atom. The van der Waals surface area contributed by atoms with Gasteiger partial charge in [0.1, 0.15) is 23.9 Å². The summed E-state index contributed by atoms with van der Waals surface area (Å²) in [4.78, 5) is 12.7. The molecular weight excluding hydrogens is 367 g/mol. The van der Waals surface area contributed by atoms with E-state index in [0.717, 1.165) is 16.5 Å². The van der Waals surface area contributed by atoms with Crippen molar-refractivity contribution < 1.29 is 13.9 Å². The van der Waals surface area contributed by atoms with Gasteiger partial charge in [0.2, 0.25) is 0 Å². The highest BCUT2D eigenvalue weighted by Gasteiger charge is 2.13. The molecule has 0 bridgehead atoms. The van der Waals surface area contributed by atoms with Crippen LogP contribution in [0.4, 0.5) is 10.1 Å². The first-order valence-electron chi connectivity index (χ1n) is 9.35. The summed E-state index contributed by atoms with van der Waals surface area (Å²) in [6, 6.07) is 21.6. The Kier molecular flexibility index (Phi) is 5.04. The first-order chi connectivity index (χ1) is 14.0. The molecule has 4 nitrogen and oxygen atoms in total. The Bertz CT molecular complexity index is 1180. The molecule has 0 saturated carbocycles. The van der Waals surface area contributed by atoms with Crippen LogP contribution in [0.3, 0.4) is 0 Å². The molecule has 4 aromatic rings. The second-order valence-corrected chi connectivity index (χ2v) is 7.01. The summed E-state index contributed by atoms with van der Waals surface area (Å²) < 4.78 is 21.2. The number of carbonyl (C=O) groups excluding carboxylic acids is 1. The molecule has 4 rings (SSSR count). The van der Waals surface area contributed by atoms with Crippen LogP contribution in [0.15, 0.2) is 72.8 Å². The smallest absolute Gasteiger partial charge is 0.272 e. The van der Waals surface area contributed by atoms with Crippen molar-refractivity contribution in [3.05, 3.63) is 95.4 Å². The zero-order valence-electron chi connectivity index (χ0n) is 16.3. The molecule has 1 amide bonds. The van der Waals surface area contributed by atoms with E-state index in [1.807, 2.05) is 36.7 Å². The number of amides is 1. The number of aryl methyl sites for hydroxylation is 2. The van der Waals surface area contributed by atoms with Crippen LogP contribution in [-0.2, 0) is 13.7 Å². The standard InChI is InChI=1S/C24H21FN2O2/c1-16-7-12-22-18(13-16)14-23(27(22)2)24(28)26-19-8-10-20(11-9-19)29-15-17-5-3-4-6-21(17)25/h3-14H,15H2,1-2H3,(H,26,28). The van der Waals surface area contributed by atoms with Gasteiger partial charge in [0.15, 0.2) is 0 Å². The predicted molar refractivity (Wildman–Crippen MR) is 113 cm³/mol. The zero-order valence-corrected chi connectivity index (χ0v) is 16.3. The molecule has 5 heteroatoms. The Balaban J connectivity index is 1.44. The van der Waals surface area contributed by atoms with Crippen LogP contribution in [0.25, 0.3) is 10.9 Å². The normalized spacial score (nSPS) is 10.9. The van der Waals surface area contributed by atoms with Crippen molar-refractivity contribution in [3.8, 4) is 5.75 Å². The van der Waals surface area contributed by atoms with Crippen molar-refractivity contribution in [2.75, 3.05) is 5.32 Å². The van der Waals surface area contributed by atoms with E-state index in [9.17, 15) is 9.18 Å². The lowest BCUT2D eigenvalue weighted by Gasteiger charge is -2.09. The van der Waals surface area contributed by atoms with Gasteiger partial charge in [-0.15, -0.1) is 0 Å². The SMILES string of the molecule is Cc1ccc2c(c1)cc(C(=O)Nc1ccc(OCc3ccccc3F)cc1)n2C. The number of fused-ring (bicyclic) bond motifs is 1. The average molecular weight is 388 g/mol. The van der Waals surface area contributed by atoms with Crippen LogP contribution in [-0.4, -0.2) is 10.5 Å². The summed E-state index contributed by atoms with van der Waals surface area (Å²) in [6.45, 7) is 2.18. The molecule has 0 aliphatic carbocycles. The van der Waals surface area contributed by atoms with Crippen molar-refractivity contribution in [2.45, 2.75) is 13.5 Å². The summed E-state index contributed by atoms with van der Waals surface area (Å²) >= 11 is 0. The highest BCUT2D eigenvalue weighted by Crippen LogP contribution is 2.22. The molecule has 3 aromatic carbocycles. The summed E-state index contributed by atoms with van der Waals surface area (Å²) in [6.07, 6.45) is 0. The molecule has 1 heterocycles. The van der Waals surface area contributed by atoms with E-state index >= 15 is 0 Å². The molecule has 0 aliphatic rings. The number of rotatable bonds is 5. The van der Waals surface area contributed by atoms with Gasteiger partial charge >= 0.3 is 0 Å². The molecule has 0 saturated heterocycles. The lowest BCUT2D eigenvalue weighted by molar-refractivity contribution is 0.101. The van der Waals surface area contributed by atoms with Gasteiger partial charge in [-0.05, 0) is 55.5 Å². The van der Waals surface area contributed by atoms with Gasteiger partial charge in [0.05, 0.1) is 0 Å². The quantitative estimate of drug-likeness (QED) is 0.494. The van der Waals surface area contributed by atoms with E-state index in [2.05, 4.69) is 11.4 Å². The molecule has 1 N–H and O–H groups in total. The van der Waals surface area contributed by atoms with E-state index in [0.29, 0.717) is 22.7 Å². The van der Waals surface area contributed by atoms with Gasteiger partial charge < -0.3 is 14.6 Å². The number of halogens is 1. The van der Waals surface area contributed by atoms with Gasteiger partial charge in [0, 0.05) is 29.2 Å². The van der Waals surface area contributed by atoms with Gasteiger partial charge in [-0.3, -0.25) is 4.79 Å². The van der Waals surface area contributed by atoms with E-state index in [-0.39, 0.29) is 18.3 Å². The lowest BCUT2D eigenvalue weighted by atomic mass is 10.2. The predicted octanol–water partition coefficient (Wildman–Crippen LogP) is 5.46. The summed E-state index contributed by atoms with van der Waals surface area (Å²) in [5.74, 6) is 0.134. The highest BCUT2D eigenvalue weighted by molar-refractivity contribution is 6.06. The molecule has 0 spiro atoms. The van der Waals surface area contributed by atoms with Crippen LogP contribution in [0.2, 0.25) is 0 Å². The van der Waals surface area contributed by atoms with Crippen LogP contribution in [0.1, 0.15) is 21.6 Å². The molecular formula is C24H21FN2O2. The maximum atomic E-state index is 13.7. The number of aromatic nitrogens is 1. The molecule has 146 valence electrons. The van der Waals surface area contributed by atoms with Gasteiger partial charge in [-0.2, -0.15) is 0 Å². The minimum absolute atomic E-state index is 0.147. The summed E-state index contributed by atoms with van der Waals surface area (Å²) in [5, 5.41) is 3.95. The fourth-order valence-electron chi connectivity index (χ4n) is 3.29. The Labute approximate surface area is 168 Å². The molecule has 0 aliphatic heterocycles. The van der Waals surface area contributed by atoms with E-state index in [1.165, 1.54) is 6.07 Å². The molecule has 0 radical (unpaired) electrons. The minimum Gasteiger partial charge on any atom is -0.489 e. The second kappa shape index (κ2) is 7.80. The van der Waals surface area contributed by atoms with Gasteiger partial charge in [0.25, 0.3) is 5.91 Å². The van der Waals surface area contributed by atoms with Crippen molar-refractivity contribution in [3.63, 3.8) is 0 Å². The Hall–Kier alpha value is -3.60. The van der Waals surface area contributed by atoms with E-state index in [1.54, 1.807) is 42.5 Å². The Morgan fingerprint density at radius 1 is 1.03 bits per heavy atom. The zero-order chi connectivity index (χ0) is 20.4. The van der Waals surface area contributed by atoms with Gasteiger partial charge in [-0.1, -0.05) is 29.8 Å². The molecule has 0 atom stereocenters. The topological polar surface area (TPSA) is 43.3 Å². The maximum Gasteiger partial charge on any atom is 0.272 e. The van der Waals surface area contributed by atoms with Crippen molar-refractivity contribution in [1.82, 2.24) is 4.57 Å². The molecule has 1 aromatic heterocycles. The Morgan fingerprint density at radius 3 is 2.55 bits per heavy atom. The fourth-order valence-corrected chi connectivity index (χ4v) is 3.29. The number of hydrogen-bond acceptors (Lipinski definition) is 2. The summed E-state index contributed by atoms with van der Waals surface area (Å²) in [7, 11) is 1.88. The average Bonchev–Trinajstić information content (AvgIpc) is 3.04. The number of nitrogens with one attached hydrogen (secondary N) is 1. The minimum atomic E-state index is -0.290. The third kappa shape index (κ3) is 3.99. The second-order valence-electron chi connectivity index (χ2n) is 7.01. The maximum absolute atomic E-state index is 13.7. The number of nitrogens with zero attached hydrogens (tertiary/aromatic N) is 1. The van der Waals surface area contributed by atoms with Gasteiger partial charge in [-0.25, -0.2) is 4.39 Å². The van der Waals surface area contributed by atoms with Crippen molar-refractivity contribution in [2.24, 2.45) is 7.05 Å². The third-order valence-corrected chi connectivity index (χ3v) is 4.89. The number of ether oxygens (including phenoxy) is 1. The monoisotopic (exact) mass is 388 g/mol. The van der Waals surface area contributed by atoms with Crippen molar-refractivity contribution in [1.29, 1.82) is 0 Å². The van der Waals surface area contributed by atoms with E-state index < -0.39 is 0 Å². The molecule has 0 fully saturated rings. The van der Waals surface area contributed by atoms with E-state index in [4.69, 9.17) is 4.74 Å². The van der Waals surface area contributed by atoms with Crippen molar-refractivity contribution >= 4 is 22.5 Å². The lowest BCUT2D eigenvalue weighted by Crippen LogP contribution is -2.15. The number of carbonyl (C=O) groups is 1. The molecule has 0 unspecified atom stereocenters. The van der Waals surface area contributed by atoms with Crippen LogP contribution < -0.4 is 10.1 Å². The van der Waals surface area contributed by atoms with Crippen LogP contribution in [0.5, 0.6) is 5.75 Å². The van der Waals surface area contributed by atoms with Crippen LogP contribution >= 0.6 is 0 Å². The third-order valence-electron chi connectivity index (χ3n) is 4.89.